The number of carbonyl (C=O) groups excluding carboxylic acids is 1. The monoisotopic (exact) mass is 341 g/mol. The Morgan fingerprint density at radius 3 is 3.04 bits per heavy atom. The zero-order valence-corrected chi connectivity index (χ0v) is 14.9. The number of aromatic amines is 1. The van der Waals surface area contributed by atoms with Crippen LogP contribution in [0.3, 0.4) is 0 Å². The molecule has 2 aromatic heterocycles. The number of aromatic nitrogens is 2. The predicted molar refractivity (Wildman–Crippen MR) is 98.6 cm³/mol. The number of rotatable bonds is 4. The van der Waals surface area contributed by atoms with E-state index < -0.39 is 0 Å². The second kappa shape index (κ2) is 7.04. The van der Waals surface area contributed by atoms with Crippen molar-refractivity contribution in [3.63, 3.8) is 0 Å². The second-order valence-electron chi connectivity index (χ2n) is 7.23. The van der Waals surface area contributed by atoms with Gasteiger partial charge < -0.3 is 15.2 Å². The summed E-state index contributed by atoms with van der Waals surface area (Å²) in [6.07, 6.45) is 8.29. The fourth-order valence-electron chi connectivity index (χ4n) is 4.40. The van der Waals surface area contributed by atoms with E-state index in [4.69, 9.17) is 0 Å². The summed E-state index contributed by atoms with van der Waals surface area (Å²) in [6.45, 7) is 6.10. The van der Waals surface area contributed by atoms with Crippen LogP contribution in [0.4, 0.5) is 4.79 Å². The van der Waals surface area contributed by atoms with Crippen LogP contribution in [-0.2, 0) is 6.42 Å². The Balaban J connectivity index is 1.30. The van der Waals surface area contributed by atoms with Gasteiger partial charge in [0.2, 0.25) is 0 Å². The van der Waals surface area contributed by atoms with Crippen molar-refractivity contribution in [3.8, 4) is 0 Å². The van der Waals surface area contributed by atoms with E-state index in [9.17, 15) is 4.79 Å². The number of carbonyl (C=O) groups is 1. The summed E-state index contributed by atoms with van der Waals surface area (Å²) in [5, 5.41) is 4.24. The van der Waals surface area contributed by atoms with Crippen molar-refractivity contribution < 1.29 is 4.79 Å². The minimum atomic E-state index is 0.0761. The van der Waals surface area contributed by atoms with Crippen molar-refractivity contribution in [2.75, 3.05) is 26.2 Å². The average Bonchev–Trinajstić information content (AvgIpc) is 3.34. The predicted octanol–water partition coefficient (Wildman–Crippen LogP) is 2.37. The SMILES string of the molecule is C[C@@H]1[C@H](N2CCCC2)CCN1C(=O)NCCc1c[nH]c2ncccc12. The van der Waals surface area contributed by atoms with Crippen LogP contribution in [0, 0.1) is 0 Å². The molecule has 6 heteroatoms. The van der Waals surface area contributed by atoms with Crippen molar-refractivity contribution >= 4 is 17.1 Å². The maximum atomic E-state index is 12.6. The van der Waals surface area contributed by atoms with Gasteiger partial charge in [-0.15, -0.1) is 0 Å². The lowest BCUT2D eigenvalue weighted by atomic mass is 10.1. The first-order valence-corrected chi connectivity index (χ1v) is 9.43. The summed E-state index contributed by atoms with van der Waals surface area (Å²) in [5.41, 5.74) is 2.11. The first-order valence-electron chi connectivity index (χ1n) is 9.43. The maximum absolute atomic E-state index is 12.6. The highest BCUT2D eigenvalue weighted by molar-refractivity contribution is 5.79. The van der Waals surface area contributed by atoms with Gasteiger partial charge >= 0.3 is 6.03 Å². The van der Waals surface area contributed by atoms with Gasteiger partial charge in [-0.25, -0.2) is 9.78 Å². The Morgan fingerprint density at radius 2 is 2.20 bits per heavy atom. The number of hydrogen-bond donors (Lipinski definition) is 2. The van der Waals surface area contributed by atoms with Gasteiger partial charge in [-0.05, 0) is 63.4 Å². The topological polar surface area (TPSA) is 64.3 Å². The molecule has 0 saturated carbocycles. The van der Waals surface area contributed by atoms with Gasteiger partial charge in [-0.3, -0.25) is 4.90 Å². The van der Waals surface area contributed by atoms with Crippen LogP contribution in [0.25, 0.3) is 11.0 Å². The van der Waals surface area contributed by atoms with E-state index in [2.05, 4.69) is 33.2 Å². The summed E-state index contributed by atoms with van der Waals surface area (Å²) in [6, 6.07) is 4.93. The smallest absolute Gasteiger partial charge is 0.317 e. The molecule has 134 valence electrons. The molecule has 0 unspecified atom stereocenters. The molecule has 4 heterocycles. The average molecular weight is 341 g/mol. The molecule has 2 aliphatic heterocycles. The summed E-state index contributed by atoms with van der Waals surface area (Å²) >= 11 is 0. The van der Waals surface area contributed by atoms with Crippen LogP contribution in [0.2, 0.25) is 0 Å². The number of nitrogens with one attached hydrogen (secondary N) is 2. The van der Waals surface area contributed by atoms with Gasteiger partial charge in [0.05, 0.1) is 0 Å². The van der Waals surface area contributed by atoms with E-state index in [0.29, 0.717) is 18.6 Å². The number of amides is 2. The molecule has 6 nitrogen and oxygen atoms in total. The molecular formula is C19H27N5O. The quantitative estimate of drug-likeness (QED) is 0.897. The van der Waals surface area contributed by atoms with E-state index in [1.807, 2.05) is 17.2 Å². The van der Waals surface area contributed by atoms with Crippen LogP contribution in [-0.4, -0.2) is 64.1 Å². The number of H-pyrrole nitrogens is 1. The van der Waals surface area contributed by atoms with Gasteiger partial charge in [0.1, 0.15) is 5.65 Å². The summed E-state index contributed by atoms with van der Waals surface area (Å²) in [7, 11) is 0. The van der Waals surface area contributed by atoms with Crippen LogP contribution < -0.4 is 5.32 Å². The fraction of sp³-hybridized carbons (Fsp3) is 0.579. The number of urea groups is 1. The fourth-order valence-corrected chi connectivity index (χ4v) is 4.40. The molecule has 0 bridgehead atoms. The summed E-state index contributed by atoms with van der Waals surface area (Å²) in [4.78, 5) is 24.7. The van der Waals surface area contributed by atoms with E-state index in [1.54, 1.807) is 6.20 Å². The Bertz CT molecular complexity index is 736. The highest BCUT2D eigenvalue weighted by Gasteiger charge is 2.37. The molecule has 0 aliphatic carbocycles. The van der Waals surface area contributed by atoms with Crippen molar-refractivity contribution in [2.24, 2.45) is 0 Å². The van der Waals surface area contributed by atoms with Gasteiger partial charge in [0.25, 0.3) is 0 Å². The Morgan fingerprint density at radius 1 is 1.36 bits per heavy atom. The van der Waals surface area contributed by atoms with Gasteiger partial charge in [-0.2, -0.15) is 0 Å². The zero-order chi connectivity index (χ0) is 17.2. The van der Waals surface area contributed by atoms with E-state index in [0.717, 1.165) is 30.4 Å². The molecule has 2 fully saturated rings. The van der Waals surface area contributed by atoms with Crippen molar-refractivity contribution in [1.82, 2.24) is 25.1 Å². The number of hydrogen-bond acceptors (Lipinski definition) is 3. The van der Waals surface area contributed by atoms with Crippen LogP contribution >= 0.6 is 0 Å². The largest absolute Gasteiger partial charge is 0.346 e. The molecule has 2 atom stereocenters. The minimum absolute atomic E-state index is 0.0761. The molecule has 4 rings (SSSR count). The summed E-state index contributed by atoms with van der Waals surface area (Å²) < 4.78 is 0. The first-order chi connectivity index (χ1) is 12.2. The molecule has 2 saturated heterocycles. The van der Waals surface area contributed by atoms with Crippen LogP contribution in [0.1, 0.15) is 31.7 Å². The zero-order valence-electron chi connectivity index (χ0n) is 14.9. The lowest BCUT2D eigenvalue weighted by molar-refractivity contribution is 0.168. The third kappa shape index (κ3) is 3.23. The summed E-state index contributed by atoms with van der Waals surface area (Å²) in [5.74, 6) is 0. The molecule has 0 aromatic carbocycles. The molecular weight excluding hydrogens is 314 g/mol. The Kier molecular flexibility index (Phi) is 4.61. The molecule has 0 radical (unpaired) electrons. The maximum Gasteiger partial charge on any atom is 0.317 e. The normalized spacial score (nSPS) is 24.3. The van der Waals surface area contributed by atoms with E-state index >= 15 is 0 Å². The Labute approximate surface area is 148 Å². The molecule has 2 aliphatic rings. The lowest BCUT2D eigenvalue weighted by Gasteiger charge is -2.30. The third-order valence-corrected chi connectivity index (χ3v) is 5.79. The lowest BCUT2D eigenvalue weighted by Crippen LogP contribution is -2.47. The Hall–Kier alpha value is -2.08. The first kappa shape index (κ1) is 16.4. The number of nitrogens with zero attached hydrogens (tertiary/aromatic N) is 3. The highest BCUT2D eigenvalue weighted by atomic mass is 16.2. The molecule has 2 aromatic rings. The molecule has 0 spiro atoms. The standard InChI is InChI=1S/C19H27N5O/c1-14-17(23-10-2-3-11-23)7-12-24(14)19(25)21-9-6-15-13-22-18-16(15)5-4-8-20-18/h4-5,8,13-14,17H,2-3,6-7,9-12H2,1H3,(H,20,22)(H,21,25)/t14-,17-/m1/s1. The number of fused-ring (bicyclic) bond motifs is 1. The van der Waals surface area contributed by atoms with Crippen molar-refractivity contribution in [1.29, 1.82) is 0 Å². The van der Waals surface area contributed by atoms with Crippen LogP contribution in [0.15, 0.2) is 24.5 Å². The molecule has 2 N–H and O–H groups in total. The third-order valence-electron chi connectivity index (χ3n) is 5.79. The van der Waals surface area contributed by atoms with Gasteiger partial charge in [0, 0.05) is 43.0 Å². The van der Waals surface area contributed by atoms with Crippen molar-refractivity contribution in [3.05, 3.63) is 30.1 Å². The van der Waals surface area contributed by atoms with E-state index in [-0.39, 0.29) is 6.03 Å². The van der Waals surface area contributed by atoms with E-state index in [1.165, 1.54) is 31.5 Å². The van der Waals surface area contributed by atoms with Gasteiger partial charge in [0.15, 0.2) is 0 Å². The second-order valence-corrected chi connectivity index (χ2v) is 7.23. The van der Waals surface area contributed by atoms with Crippen molar-refractivity contribution in [2.45, 2.75) is 44.7 Å². The number of likely N-dealkylation sites (tertiary alicyclic amines) is 2. The number of pyridine rings is 1. The van der Waals surface area contributed by atoms with Gasteiger partial charge in [-0.1, -0.05) is 0 Å². The molecule has 2 amide bonds. The highest BCUT2D eigenvalue weighted by Crippen LogP contribution is 2.26. The molecule has 25 heavy (non-hydrogen) atoms. The minimum Gasteiger partial charge on any atom is -0.346 e. The van der Waals surface area contributed by atoms with Crippen LogP contribution in [0.5, 0.6) is 0 Å².